The van der Waals surface area contributed by atoms with Gasteiger partial charge in [-0.15, -0.1) is 11.8 Å². The molecule has 1 aromatic carbocycles. The minimum atomic E-state index is -5.08. The van der Waals surface area contributed by atoms with E-state index >= 15 is 0 Å². The molecule has 1 aromatic heterocycles. The number of thioether (sulfide) groups is 1. The van der Waals surface area contributed by atoms with Gasteiger partial charge in [-0.25, -0.2) is 4.79 Å². The van der Waals surface area contributed by atoms with E-state index in [-0.39, 0.29) is 11.2 Å². The largest absolute Gasteiger partial charge is 0.490 e. The highest BCUT2D eigenvalue weighted by Gasteiger charge is 2.38. The van der Waals surface area contributed by atoms with Crippen LogP contribution in [0.15, 0.2) is 36.5 Å². The van der Waals surface area contributed by atoms with Crippen LogP contribution in [0.3, 0.4) is 0 Å². The Morgan fingerprint density at radius 3 is 2.63 bits per heavy atom. The number of nitrogens with one attached hydrogen (secondary N) is 2. The molecule has 1 amide bonds. The van der Waals surface area contributed by atoms with Crippen molar-refractivity contribution in [1.29, 1.82) is 0 Å². The van der Waals surface area contributed by atoms with Crippen molar-refractivity contribution in [2.24, 2.45) is 0 Å². The molecule has 0 radical (unpaired) electrons. The molecule has 27 heavy (non-hydrogen) atoms. The number of pyridine rings is 1. The van der Waals surface area contributed by atoms with E-state index in [1.165, 1.54) is 0 Å². The number of amides is 1. The lowest BCUT2D eigenvalue weighted by atomic mass is 10.1. The summed E-state index contributed by atoms with van der Waals surface area (Å²) in [5.41, 5.74) is 0.921. The van der Waals surface area contributed by atoms with Crippen LogP contribution in [0.4, 0.5) is 13.2 Å². The van der Waals surface area contributed by atoms with Gasteiger partial charge in [-0.1, -0.05) is 24.3 Å². The molecule has 10 heteroatoms. The number of hydrogen-bond acceptors (Lipinski definition) is 5. The minimum Gasteiger partial charge on any atom is -0.475 e. The maximum Gasteiger partial charge on any atom is 0.490 e. The second-order valence-electron chi connectivity index (χ2n) is 5.56. The number of carboxylic acids is 1. The Balaban J connectivity index is 0.000000321. The van der Waals surface area contributed by atoms with Crippen molar-refractivity contribution in [2.45, 2.75) is 18.0 Å². The summed E-state index contributed by atoms with van der Waals surface area (Å²) in [4.78, 5) is 25.4. The molecule has 6 nitrogen and oxygen atoms in total. The molecule has 1 fully saturated rings. The fourth-order valence-corrected chi connectivity index (χ4v) is 3.36. The number of hydrogen-bond donors (Lipinski definition) is 3. The third-order valence-electron chi connectivity index (χ3n) is 3.65. The summed E-state index contributed by atoms with van der Waals surface area (Å²) < 4.78 is 31.7. The molecule has 2 aromatic rings. The zero-order valence-corrected chi connectivity index (χ0v) is 14.9. The van der Waals surface area contributed by atoms with Gasteiger partial charge in [0.05, 0.1) is 17.5 Å². The van der Waals surface area contributed by atoms with Crippen molar-refractivity contribution >= 4 is 34.4 Å². The number of carboxylic acid groups (broad SMARTS) is 1. The van der Waals surface area contributed by atoms with Crippen molar-refractivity contribution in [1.82, 2.24) is 15.6 Å². The first-order valence-electron chi connectivity index (χ1n) is 8.02. The third-order valence-corrected chi connectivity index (χ3v) is 4.87. The summed E-state index contributed by atoms with van der Waals surface area (Å²) in [6, 6.07) is 10.1. The number of alkyl halides is 3. The predicted octanol–water partition coefficient (Wildman–Crippen LogP) is 2.19. The van der Waals surface area contributed by atoms with E-state index in [1.807, 2.05) is 24.3 Å². The summed E-state index contributed by atoms with van der Waals surface area (Å²) in [6.45, 7) is 2.22. The average Bonchev–Trinajstić information content (AvgIpc) is 2.66. The van der Waals surface area contributed by atoms with Crippen molar-refractivity contribution in [2.75, 3.05) is 18.8 Å². The molecule has 3 N–H and O–H groups in total. The molecule has 1 aliphatic rings. The van der Waals surface area contributed by atoms with Gasteiger partial charge in [0, 0.05) is 30.4 Å². The van der Waals surface area contributed by atoms with Crippen LogP contribution in [0.25, 0.3) is 10.8 Å². The molecule has 2 heterocycles. The molecule has 146 valence electrons. The summed E-state index contributed by atoms with van der Waals surface area (Å²) in [7, 11) is 0. The van der Waals surface area contributed by atoms with E-state index < -0.39 is 12.1 Å². The summed E-state index contributed by atoms with van der Waals surface area (Å²) in [5.74, 6) is -1.67. The van der Waals surface area contributed by atoms with E-state index in [0.29, 0.717) is 6.54 Å². The minimum absolute atomic E-state index is 0.0127. The van der Waals surface area contributed by atoms with Gasteiger partial charge in [0.1, 0.15) is 0 Å². The molecule has 1 saturated heterocycles. The smallest absolute Gasteiger partial charge is 0.475 e. The monoisotopic (exact) mass is 401 g/mol. The SMILES string of the molecule is O=C(NCc1nccc2ccccc12)C1CNCCS1.O=C(O)C(F)(F)F. The van der Waals surface area contributed by atoms with Crippen molar-refractivity contribution in [3.05, 3.63) is 42.2 Å². The molecule has 0 spiro atoms. The predicted molar refractivity (Wildman–Crippen MR) is 96.4 cm³/mol. The van der Waals surface area contributed by atoms with Crippen molar-refractivity contribution in [3.8, 4) is 0 Å². The van der Waals surface area contributed by atoms with Crippen LogP contribution in [-0.4, -0.2) is 52.2 Å². The average molecular weight is 401 g/mol. The topological polar surface area (TPSA) is 91.3 Å². The first kappa shape index (κ1) is 21.0. The van der Waals surface area contributed by atoms with Crippen LogP contribution in [0.2, 0.25) is 0 Å². The highest BCUT2D eigenvalue weighted by atomic mass is 32.2. The van der Waals surface area contributed by atoms with E-state index in [9.17, 15) is 18.0 Å². The van der Waals surface area contributed by atoms with E-state index in [1.54, 1.807) is 18.0 Å². The lowest BCUT2D eigenvalue weighted by molar-refractivity contribution is -0.192. The van der Waals surface area contributed by atoms with Gasteiger partial charge in [0.2, 0.25) is 5.91 Å². The molecule has 1 aliphatic heterocycles. The lowest BCUT2D eigenvalue weighted by Crippen LogP contribution is -2.43. The zero-order valence-electron chi connectivity index (χ0n) is 14.1. The Kier molecular flexibility index (Phi) is 7.43. The Labute approximate surface area is 157 Å². The maximum atomic E-state index is 12.1. The molecule has 0 aliphatic carbocycles. The Morgan fingerprint density at radius 1 is 1.30 bits per heavy atom. The number of benzene rings is 1. The quantitative estimate of drug-likeness (QED) is 0.730. The third kappa shape index (κ3) is 6.40. The summed E-state index contributed by atoms with van der Waals surface area (Å²) >= 11 is 1.72. The number of carbonyl (C=O) groups is 2. The van der Waals surface area contributed by atoms with Gasteiger partial charge in [0.25, 0.3) is 0 Å². The van der Waals surface area contributed by atoms with Crippen molar-refractivity contribution < 1.29 is 27.9 Å². The van der Waals surface area contributed by atoms with E-state index in [0.717, 1.165) is 35.3 Å². The van der Waals surface area contributed by atoms with Crippen LogP contribution < -0.4 is 10.6 Å². The maximum absolute atomic E-state index is 12.1. The Morgan fingerprint density at radius 2 is 2.00 bits per heavy atom. The number of carbonyl (C=O) groups excluding carboxylic acids is 1. The normalized spacial score (nSPS) is 16.9. The standard InChI is InChI=1S/C15H17N3OS.C2HF3O2/c19-15(14-10-16-7-8-20-14)18-9-13-12-4-2-1-3-11(12)5-6-17-13;3-2(4,5)1(6)7/h1-6,14,16H,7-10H2,(H,18,19);(H,6,7). The number of aromatic nitrogens is 1. The van der Waals surface area contributed by atoms with Gasteiger partial charge < -0.3 is 15.7 Å². The number of rotatable bonds is 3. The second-order valence-corrected chi connectivity index (χ2v) is 6.87. The summed E-state index contributed by atoms with van der Waals surface area (Å²) in [6.07, 6.45) is -3.29. The Bertz CT molecular complexity index is 790. The lowest BCUT2D eigenvalue weighted by Gasteiger charge is -2.21. The molecular weight excluding hydrogens is 383 g/mol. The second kappa shape index (κ2) is 9.56. The van der Waals surface area contributed by atoms with E-state index in [4.69, 9.17) is 9.90 Å². The van der Waals surface area contributed by atoms with Crippen LogP contribution in [0, 0.1) is 0 Å². The molecular formula is C17H18F3N3O3S. The van der Waals surface area contributed by atoms with Crippen LogP contribution in [-0.2, 0) is 16.1 Å². The number of aliphatic carboxylic acids is 1. The van der Waals surface area contributed by atoms with Gasteiger partial charge >= 0.3 is 12.1 Å². The molecule has 1 atom stereocenters. The van der Waals surface area contributed by atoms with Crippen LogP contribution in [0.1, 0.15) is 5.69 Å². The number of halogens is 3. The number of nitrogens with zero attached hydrogens (tertiary/aromatic N) is 1. The fraction of sp³-hybridized carbons (Fsp3) is 0.353. The van der Waals surface area contributed by atoms with Gasteiger partial charge in [-0.3, -0.25) is 9.78 Å². The molecule has 0 bridgehead atoms. The first-order chi connectivity index (χ1) is 12.8. The summed E-state index contributed by atoms with van der Waals surface area (Å²) in [5, 5.41) is 15.6. The molecule has 1 unspecified atom stereocenters. The van der Waals surface area contributed by atoms with Gasteiger partial charge in [-0.05, 0) is 11.5 Å². The molecule has 3 rings (SSSR count). The first-order valence-corrected chi connectivity index (χ1v) is 9.06. The van der Waals surface area contributed by atoms with Crippen molar-refractivity contribution in [3.63, 3.8) is 0 Å². The highest BCUT2D eigenvalue weighted by Crippen LogP contribution is 2.17. The zero-order chi connectivity index (χ0) is 19.9. The van der Waals surface area contributed by atoms with Crippen LogP contribution in [0.5, 0.6) is 0 Å². The van der Waals surface area contributed by atoms with Gasteiger partial charge in [0.15, 0.2) is 0 Å². The van der Waals surface area contributed by atoms with Gasteiger partial charge in [-0.2, -0.15) is 13.2 Å². The van der Waals surface area contributed by atoms with Crippen LogP contribution >= 0.6 is 11.8 Å². The van der Waals surface area contributed by atoms with E-state index in [2.05, 4.69) is 21.7 Å². The fourth-order valence-electron chi connectivity index (χ4n) is 2.34. The highest BCUT2D eigenvalue weighted by molar-refractivity contribution is 8.00. The Hall–Kier alpha value is -2.33. The number of fused-ring (bicyclic) bond motifs is 1. The molecule has 0 saturated carbocycles.